The van der Waals surface area contributed by atoms with Gasteiger partial charge in [0.25, 0.3) is 0 Å². The second-order valence-corrected chi connectivity index (χ2v) is 11.6. The molecular formula is C30H45N5O3. The quantitative estimate of drug-likeness (QED) is 0.281. The Hall–Kier alpha value is -3.42. The summed E-state index contributed by atoms with van der Waals surface area (Å²) in [5.74, 6) is -0.317. The third-order valence-electron chi connectivity index (χ3n) is 6.97. The summed E-state index contributed by atoms with van der Waals surface area (Å²) in [4.78, 5) is 48.3. The van der Waals surface area contributed by atoms with Crippen LogP contribution in [-0.2, 0) is 9.59 Å². The van der Waals surface area contributed by atoms with Crippen molar-refractivity contribution in [3.05, 3.63) is 59.2 Å². The number of aryl methyl sites for hydroxylation is 1. The van der Waals surface area contributed by atoms with Gasteiger partial charge in [-0.1, -0.05) is 65.8 Å². The molecule has 0 saturated carbocycles. The zero-order valence-corrected chi connectivity index (χ0v) is 24.6. The van der Waals surface area contributed by atoms with Crippen molar-refractivity contribution < 1.29 is 14.4 Å². The molecule has 0 bridgehead atoms. The van der Waals surface area contributed by atoms with E-state index in [-0.39, 0.29) is 47.7 Å². The average molecular weight is 524 g/mol. The fourth-order valence-electron chi connectivity index (χ4n) is 4.71. The van der Waals surface area contributed by atoms with E-state index in [2.05, 4.69) is 20.6 Å². The van der Waals surface area contributed by atoms with E-state index in [1.807, 2.05) is 79.8 Å². The number of likely N-dealkylation sites (N-methyl/N-ethyl adjacent to an activating group) is 1. The minimum Gasteiger partial charge on any atom is -0.388 e. The number of nitrogens with one attached hydrogen (secondary N) is 3. The van der Waals surface area contributed by atoms with Gasteiger partial charge in [0.05, 0.1) is 6.04 Å². The van der Waals surface area contributed by atoms with Gasteiger partial charge >= 0.3 is 0 Å². The molecule has 0 saturated heterocycles. The molecule has 0 spiro atoms. The van der Waals surface area contributed by atoms with Crippen LogP contribution in [-0.4, -0.2) is 58.6 Å². The number of allylic oxidation sites excluding steroid dienone is 1. The lowest BCUT2D eigenvalue weighted by Gasteiger charge is -2.37. The van der Waals surface area contributed by atoms with Crippen LogP contribution in [0.1, 0.15) is 82.6 Å². The number of hydrogen-bond donors (Lipinski definition) is 3. The Labute approximate surface area is 227 Å². The number of amides is 2. The van der Waals surface area contributed by atoms with Crippen molar-refractivity contribution in [1.29, 1.82) is 0 Å². The highest BCUT2D eigenvalue weighted by Crippen LogP contribution is 2.30. The standard InChI is InChI=1S/C30H45N5O3/c1-18(2)23(16-21(5)26(37)28-32-14-15-33-28)35(10)29(38)27(30(6,7)8)34-24(36)17-20(4)22-13-11-12-19(3)25(22)31-9/h11-16,18,20,23,27,31H,17H2,1-10H3,(H,32,33)(H,34,36)/t20?,23-,27-/m1/s1. The first-order valence-corrected chi connectivity index (χ1v) is 13.2. The molecule has 2 amide bonds. The third kappa shape index (κ3) is 7.55. The normalized spacial score (nSPS) is 14.6. The van der Waals surface area contributed by atoms with Crippen LogP contribution in [0.15, 0.2) is 42.2 Å². The summed E-state index contributed by atoms with van der Waals surface area (Å²) < 4.78 is 0. The van der Waals surface area contributed by atoms with Crippen LogP contribution in [0.25, 0.3) is 0 Å². The largest absolute Gasteiger partial charge is 0.388 e. The Bertz CT molecular complexity index is 1150. The predicted octanol–water partition coefficient (Wildman–Crippen LogP) is 5.10. The minimum absolute atomic E-state index is 0.0348. The van der Waals surface area contributed by atoms with Gasteiger partial charge in [-0.25, -0.2) is 4.98 Å². The Morgan fingerprint density at radius 2 is 1.82 bits per heavy atom. The molecule has 208 valence electrons. The topological polar surface area (TPSA) is 107 Å². The van der Waals surface area contributed by atoms with Gasteiger partial charge in [0, 0.05) is 38.6 Å². The van der Waals surface area contributed by atoms with Crippen LogP contribution in [0.4, 0.5) is 5.69 Å². The fraction of sp³-hybridized carbons (Fsp3) is 0.533. The van der Waals surface area contributed by atoms with Gasteiger partial charge in [-0.15, -0.1) is 0 Å². The number of imidazole rings is 1. The van der Waals surface area contributed by atoms with E-state index in [0.29, 0.717) is 5.57 Å². The molecule has 3 atom stereocenters. The summed E-state index contributed by atoms with van der Waals surface area (Å²) in [6.07, 6.45) is 5.21. The van der Waals surface area contributed by atoms with Crippen molar-refractivity contribution in [3.63, 3.8) is 0 Å². The smallest absolute Gasteiger partial charge is 0.245 e. The Balaban J connectivity index is 2.24. The molecule has 2 rings (SSSR count). The first-order valence-electron chi connectivity index (χ1n) is 13.2. The summed E-state index contributed by atoms with van der Waals surface area (Å²) in [7, 11) is 3.61. The number of rotatable bonds is 11. The second-order valence-electron chi connectivity index (χ2n) is 11.6. The van der Waals surface area contributed by atoms with E-state index in [0.717, 1.165) is 16.8 Å². The van der Waals surface area contributed by atoms with Crippen molar-refractivity contribution in [2.24, 2.45) is 11.3 Å². The fourth-order valence-corrected chi connectivity index (χ4v) is 4.71. The number of para-hydroxylation sites is 1. The van der Waals surface area contributed by atoms with Crippen molar-refractivity contribution in [2.75, 3.05) is 19.4 Å². The molecule has 3 N–H and O–H groups in total. The van der Waals surface area contributed by atoms with E-state index in [1.165, 1.54) is 6.20 Å². The molecule has 0 aliphatic heterocycles. The number of H-pyrrole nitrogens is 1. The van der Waals surface area contributed by atoms with E-state index >= 15 is 0 Å². The first kappa shape index (κ1) is 30.8. The number of nitrogens with zero attached hydrogens (tertiary/aromatic N) is 2. The number of aromatic amines is 1. The zero-order chi connectivity index (χ0) is 28.8. The highest BCUT2D eigenvalue weighted by atomic mass is 16.2. The highest BCUT2D eigenvalue weighted by Gasteiger charge is 2.37. The maximum absolute atomic E-state index is 13.8. The van der Waals surface area contributed by atoms with Gasteiger partial charge in [-0.05, 0) is 47.8 Å². The lowest BCUT2D eigenvalue weighted by molar-refractivity contribution is -0.140. The van der Waals surface area contributed by atoms with Gasteiger partial charge in [-0.2, -0.15) is 0 Å². The second kappa shape index (κ2) is 12.9. The molecule has 2 aromatic rings. The molecule has 1 aromatic carbocycles. The highest BCUT2D eigenvalue weighted by molar-refractivity contribution is 6.05. The Morgan fingerprint density at radius 3 is 2.34 bits per heavy atom. The van der Waals surface area contributed by atoms with Crippen LogP contribution < -0.4 is 10.6 Å². The lowest BCUT2D eigenvalue weighted by Crippen LogP contribution is -2.56. The average Bonchev–Trinajstić information content (AvgIpc) is 3.38. The number of hydrogen-bond acceptors (Lipinski definition) is 5. The van der Waals surface area contributed by atoms with Gasteiger partial charge in [0.1, 0.15) is 6.04 Å². The van der Waals surface area contributed by atoms with Crippen LogP contribution in [0.5, 0.6) is 0 Å². The minimum atomic E-state index is -0.732. The number of carbonyl (C=O) groups is 3. The van der Waals surface area contributed by atoms with Crippen LogP contribution in [0, 0.1) is 18.3 Å². The molecule has 8 heteroatoms. The Kier molecular flexibility index (Phi) is 10.5. The summed E-state index contributed by atoms with van der Waals surface area (Å²) in [5.41, 5.74) is 3.20. The zero-order valence-electron chi connectivity index (χ0n) is 24.6. The molecule has 8 nitrogen and oxygen atoms in total. The van der Waals surface area contributed by atoms with Crippen molar-refractivity contribution in [1.82, 2.24) is 20.2 Å². The molecule has 1 unspecified atom stereocenters. The maximum Gasteiger partial charge on any atom is 0.245 e. The molecule has 0 aliphatic carbocycles. The lowest BCUT2D eigenvalue weighted by atomic mass is 9.84. The summed E-state index contributed by atoms with van der Waals surface area (Å²) >= 11 is 0. The number of Topliss-reactive ketones (excluding diaryl/α,β-unsaturated/α-hetero) is 1. The molecule has 0 aliphatic rings. The Morgan fingerprint density at radius 1 is 1.16 bits per heavy atom. The van der Waals surface area contributed by atoms with Crippen LogP contribution in [0.2, 0.25) is 0 Å². The first-order chi connectivity index (χ1) is 17.7. The molecule has 0 radical (unpaired) electrons. The van der Waals surface area contributed by atoms with Gasteiger partial charge in [0.2, 0.25) is 17.6 Å². The van der Waals surface area contributed by atoms with Crippen LogP contribution in [0.3, 0.4) is 0 Å². The molecular weight excluding hydrogens is 478 g/mol. The third-order valence-corrected chi connectivity index (χ3v) is 6.97. The van der Waals surface area contributed by atoms with Crippen LogP contribution >= 0.6 is 0 Å². The van der Waals surface area contributed by atoms with Crippen molar-refractivity contribution in [2.45, 2.75) is 79.8 Å². The number of ketones is 1. The number of carbonyl (C=O) groups excluding carboxylic acids is 3. The van der Waals surface area contributed by atoms with Crippen molar-refractivity contribution >= 4 is 23.3 Å². The van der Waals surface area contributed by atoms with Crippen molar-refractivity contribution in [3.8, 4) is 0 Å². The molecule has 38 heavy (non-hydrogen) atoms. The van der Waals surface area contributed by atoms with Gasteiger partial charge in [-0.3, -0.25) is 14.4 Å². The molecule has 0 fully saturated rings. The predicted molar refractivity (Wildman–Crippen MR) is 153 cm³/mol. The summed E-state index contributed by atoms with van der Waals surface area (Å²) in [5, 5.41) is 6.27. The summed E-state index contributed by atoms with van der Waals surface area (Å²) in [6.45, 7) is 15.6. The number of benzene rings is 1. The number of anilines is 1. The summed E-state index contributed by atoms with van der Waals surface area (Å²) in [6, 6.07) is 4.99. The number of aromatic nitrogens is 2. The van der Waals surface area contributed by atoms with Gasteiger partial charge in [0.15, 0.2) is 5.82 Å². The monoisotopic (exact) mass is 523 g/mol. The van der Waals surface area contributed by atoms with E-state index < -0.39 is 11.5 Å². The molecule has 1 aromatic heterocycles. The van der Waals surface area contributed by atoms with E-state index in [4.69, 9.17) is 0 Å². The maximum atomic E-state index is 13.8. The van der Waals surface area contributed by atoms with E-state index in [9.17, 15) is 14.4 Å². The SMILES string of the molecule is CNc1c(C)cccc1C(C)CC(=O)N[C@H](C(=O)N(C)[C@H](C=C(C)C(=O)c1ncc[nH]1)C(C)C)C(C)(C)C. The van der Waals surface area contributed by atoms with E-state index in [1.54, 1.807) is 25.1 Å². The molecule has 1 heterocycles. The van der Waals surface area contributed by atoms with Gasteiger partial charge < -0.3 is 20.5 Å².